The van der Waals surface area contributed by atoms with Gasteiger partial charge in [0, 0.05) is 90.6 Å². The fourth-order valence-corrected chi connectivity index (χ4v) is 6.37. The van der Waals surface area contributed by atoms with Crippen molar-refractivity contribution in [2.24, 2.45) is 5.11 Å². The highest BCUT2D eigenvalue weighted by Crippen LogP contribution is 2.42. The summed E-state index contributed by atoms with van der Waals surface area (Å²) in [5.41, 5.74) is 14.1. The van der Waals surface area contributed by atoms with Crippen LogP contribution in [0.2, 0.25) is 0 Å². The average Bonchev–Trinajstić information content (AvgIpc) is 3.06. The summed E-state index contributed by atoms with van der Waals surface area (Å²) >= 11 is 0. The van der Waals surface area contributed by atoms with E-state index in [1.165, 1.54) is 0 Å². The maximum absolute atomic E-state index is 14.1. The predicted octanol–water partition coefficient (Wildman–Crippen LogP) is 6.32. The molecule has 0 radical (unpaired) electrons. The molecule has 0 spiro atoms. The summed E-state index contributed by atoms with van der Waals surface area (Å²) in [6.45, 7) is 16.6. The third-order valence-electron chi connectivity index (χ3n) is 8.83. The fourth-order valence-electron chi connectivity index (χ4n) is 6.37. The van der Waals surface area contributed by atoms with Gasteiger partial charge in [0.25, 0.3) is 5.91 Å². The molecule has 0 atom stereocenters. The smallest absolute Gasteiger partial charge is 0.254 e. The van der Waals surface area contributed by atoms with Crippen molar-refractivity contribution in [2.75, 3.05) is 70.3 Å². The van der Waals surface area contributed by atoms with Gasteiger partial charge >= 0.3 is 0 Å². The van der Waals surface area contributed by atoms with E-state index in [1.54, 1.807) is 0 Å². The van der Waals surface area contributed by atoms with Crippen molar-refractivity contribution in [3.63, 3.8) is 0 Å². The number of anilines is 1. The van der Waals surface area contributed by atoms with Crippen LogP contribution in [-0.2, 0) is 0 Å². The Morgan fingerprint density at radius 2 is 1.70 bits per heavy atom. The van der Waals surface area contributed by atoms with Crippen LogP contribution in [0.25, 0.3) is 43.9 Å². The van der Waals surface area contributed by atoms with Crippen molar-refractivity contribution in [3.05, 3.63) is 82.0 Å². The Bertz CT molecular complexity index is 1690. The number of carbonyl (C=O) groups excluding carboxylic acids is 1. The van der Waals surface area contributed by atoms with Crippen LogP contribution in [0.1, 0.15) is 44.5 Å². The zero-order valence-corrected chi connectivity index (χ0v) is 26.5. The van der Waals surface area contributed by atoms with E-state index in [2.05, 4.69) is 94.6 Å². The molecule has 230 valence electrons. The summed E-state index contributed by atoms with van der Waals surface area (Å²) in [4.78, 5) is 23.6. The van der Waals surface area contributed by atoms with Gasteiger partial charge in [0.05, 0.1) is 6.07 Å². The topological polar surface area (TPSA) is 91.7 Å². The third-order valence-corrected chi connectivity index (χ3v) is 8.83. The van der Waals surface area contributed by atoms with E-state index in [1.807, 2.05) is 23.1 Å². The van der Waals surface area contributed by atoms with Gasteiger partial charge in [-0.1, -0.05) is 23.3 Å². The maximum Gasteiger partial charge on any atom is 0.254 e. The van der Waals surface area contributed by atoms with Crippen LogP contribution in [0, 0.1) is 0 Å². The SMILES string of the molecule is CCN(CC)c1ccc2c(-c3ccccc3C(=O)N3CCN(CCCN=[N+]=[N-])CC3)c3ccc(=[N+](CC)CC)cc-3oc2c1. The molecule has 9 heteroatoms. The Hall–Kier alpha value is -4.33. The van der Waals surface area contributed by atoms with E-state index in [-0.39, 0.29) is 5.91 Å². The van der Waals surface area contributed by atoms with Crippen LogP contribution in [0.15, 0.2) is 70.2 Å². The molecule has 9 nitrogen and oxygen atoms in total. The van der Waals surface area contributed by atoms with Crippen LogP contribution < -0.4 is 14.8 Å². The minimum atomic E-state index is 0.0518. The minimum absolute atomic E-state index is 0.0518. The first-order valence-corrected chi connectivity index (χ1v) is 16.0. The summed E-state index contributed by atoms with van der Waals surface area (Å²) in [6, 6.07) is 20.9. The zero-order valence-electron chi connectivity index (χ0n) is 26.5. The van der Waals surface area contributed by atoms with E-state index in [0.29, 0.717) is 25.2 Å². The van der Waals surface area contributed by atoms with E-state index < -0.39 is 0 Å². The van der Waals surface area contributed by atoms with Gasteiger partial charge in [0.2, 0.25) is 5.36 Å². The maximum atomic E-state index is 14.1. The monoisotopic (exact) mass is 594 g/mol. The van der Waals surface area contributed by atoms with E-state index in [0.717, 1.165) is 96.7 Å². The predicted molar refractivity (Wildman–Crippen MR) is 179 cm³/mol. The van der Waals surface area contributed by atoms with Crippen molar-refractivity contribution in [1.82, 2.24) is 14.4 Å². The Balaban J connectivity index is 1.60. The Morgan fingerprint density at radius 1 is 0.955 bits per heavy atom. The summed E-state index contributed by atoms with van der Waals surface area (Å²) < 4.78 is 8.98. The molecule has 2 aromatic rings. The first kappa shape index (κ1) is 31.1. The summed E-state index contributed by atoms with van der Waals surface area (Å²) in [5.74, 6) is 0.862. The van der Waals surface area contributed by atoms with Gasteiger partial charge in [0.15, 0.2) is 0 Å². The van der Waals surface area contributed by atoms with Gasteiger partial charge in [-0.05, 0) is 76.0 Å². The third kappa shape index (κ3) is 6.44. The van der Waals surface area contributed by atoms with Crippen LogP contribution in [-0.4, -0.2) is 81.2 Å². The Kier molecular flexibility index (Phi) is 10.2. The fraction of sp³-hybridized carbons (Fsp3) is 0.429. The number of piperazine rings is 1. The molecule has 0 saturated carbocycles. The van der Waals surface area contributed by atoms with Gasteiger partial charge in [0.1, 0.15) is 24.4 Å². The lowest BCUT2D eigenvalue weighted by molar-refractivity contribution is 0.0637. The number of benzene rings is 3. The molecule has 44 heavy (non-hydrogen) atoms. The lowest BCUT2D eigenvalue weighted by Crippen LogP contribution is -2.49. The number of carbonyl (C=O) groups is 1. The normalized spacial score (nSPS) is 13.7. The van der Waals surface area contributed by atoms with E-state index in [4.69, 9.17) is 9.95 Å². The molecule has 0 N–H and O–H groups in total. The number of fused-ring (bicyclic) bond motifs is 2. The van der Waals surface area contributed by atoms with Crippen molar-refractivity contribution < 1.29 is 9.21 Å². The molecule has 0 unspecified atom stereocenters. The molecular formula is C35H44N7O2+. The van der Waals surface area contributed by atoms with Gasteiger partial charge in [-0.25, -0.2) is 4.58 Å². The van der Waals surface area contributed by atoms with Crippen LogP contribution in [0.4, 0.5) is 5.69 Å². The zero-order chi connectivity index (χ0) is 31.1. The molecule has 1 amide bonds. The quantitative estimate of drug-likeness (QED) is 0.0507. The standard InChI is InChI=1S/C35H44N7O2/c1-5-40(6-2)26-14-16-30-32(24-26)44-33-25-27(41(7-3)8-4)15-17-31(33)34(30)28-12-9-10-13-29(28)35(43)42-22-20-39(21-23-42)19-11-18-37-38-36/h9-10,12-17,24-25H,5-8,11,18-23H2,1-4H3/q+1. The molecule has 2 aromatic carbocycles. The molecule has 5 rings (SSSR count). The summed E-state index contributed by atoms with van der Waals surface area (Å²) in [6.07, 6.45) is 0.825. The molecule has 0 aromatic heterocycles. The largest absolute Gasteiger partial charge is 0.456 e. The van der Waals surface area contributed by atoms with Gasteiger partial charge in [-0.15, -0.1) is 0 Å². The second-order valence-corrected chi connectivity index (χ2v) is 11.2. The lowest BCUT2D eigenvalue weighted by Gasteiger charge is -2.35. The molecule has 3 aliphatic rings. The van der Waals surface area contributed by atoms with Crippen LogP contribution >= 0.6 is 0 Å². The molecule has 2 aliphatic heterocycles. The number of amides is 1. The number of azide groups is 1. The highest BCUT2D eigenvalue weighted by molar-refractivity contribution is 6.09. The molecule has 1 saturated heterocycles. The molecule has 0 bridgehead atoms. The summed E-state index contributed by atoms with van der Waals surface area (Å²) in [7, 11) is 0. The number of hydrogen-bond donors (Lipinski definition) is 0. The average molecular weight is 595 g/mol. The van der Waals surface area contributed by atoms with Crippen LogP contribution in [0.5, 0.6) is 0 Å². The minimum Gasteiger partial charge on any atom is -0.456 e. The second-order valence-electron chi connectivity index (χ2n) is 11.2. The first-order chi connectivity index (χ1) is 21.5. The van der Waals surface area contributed by atoms with E-state index >= 15 is 0 Å². The first-order valence-electron chi connectivity index (χ1n) is 16.0. The van der Waals surface area contributed by atoms with E-state index in [9.17, 15) is 4.79 Å². The second kappa shape index (κ2) is 14.4. The van der Waals surface area contributed by atoms with Gasteiger partial charge in [-0.2, -0.15) is 0 Å². The highest BCUT2D eigenvalue weighted by atomic mass is 16.3. The highest BCUT2D eigenvalue weighted by Gasteiger charge is 2.27. The van der Waals surface area contributed by atoms with Crippen molar-refractivity contribution in [3.8, 4) is 22.5 Å². The lowest BCUT2D eigenvalue weighted by atomic mass is 9.90. The Morgan fingerprint density at radius 3 is 2.41 bits per heavy atom. The number of rotatable bonds is 11. The van der Waals surface area contributed by atoms with Crippen molar-refractivity contribution in [2.45, 2.75) is 34.1 Å². The molecule has 1 aliphatic carbocycles. The molecule has 1 fully saturated rings. The van der Waals surface area contributed by atoms with Gasteiger partial charge in [-0.3, -0.25) is 9.69 Å². The molecular weight excluding hydrogens is 550 g/mol. The van der Waals surface area contributed by atoms with Crippen LogP contribution in [0.3, 0.4) is 0 Å². The van der Waals surface area contributed by atoms with Crippen molar-refractivity contribution in [1.29, 1.82) is 0 Å². The molecule has 2 heterocycles. The number of nitrogens with zero attached hydrogens (tertiary/aromatic N) is 7. The van der Waals surface area contributed by atoms with Gasteiger partial charge < -0.3 is 14.2 Å². The summed E-state index contributed by atoms with van der Waals surface area (Å²) in [5, 5.41) is 5.76. The Labute approximate surface area is 260 Å². The number of hydrogen-bond acceptors (Lipinski definition) is 5. The van der Waals surface area contributed by atoms with Crippen molar-refractivity contribution >= 4 is 22.6 Å².